The molecule has 0 aliphatic carbocycles. The minimum atomic E-state index is 0.0733. The van der Waals surface area contributed by atoms with E-state index in [0.717, 1.165) is 13.1 Å². The van der Waals surface area contributed by atoms with E-state index in [2.05, 4.69) is 47.3 Å². The molecule has 3 nitrogen and oxygen atoms in total. The predicted molar refractivity (Wildman–Crippen MR) is 81.0 cm³/mol. The van der Waals surface area contributed by atoms with Gasteiger partial charge in [0.1, 0.15) is 0 Å². The molecular formula is C15H21N3S. The van der Waals surface area contributed by atoms with Crippen molar-refractivity contribution in [2.24, 2.45) is 5.73 Å². The third-order valence-corrected chi connectivity index (χ3v) is 4.12. The number of hydrogen-bond donors (Lipinski definition) is 1. The maximum absolute atomic E-state index is 6.21. The summed E-state index contributed by atoms with van der Waals surface area (Å²) in [6.07, 6.45) is 3.72. The Labute approximate surface area is 119 Å². The van der Waals surface area contributed by atoms with E-state index in [1.807, 2.05) is 12.3 Å². The SMILES string of the molecule is CCN(Cc1cccs1)C(c1cccnc1)C(C)N. The fraction of sp³-hybridized carbons (Fsp3) is 0.400. The van der Waals surface area contributed by atoms with E-state index in [-0.39, 0.29) is 12.1 Å². The van der Waals surface area contributed by atoms with Gasteiger partial charge in [0, 0.05) is 29.9 Å². The zero-order chi connectivity index (χ0) is 13.7. The molecule has 2 aromatic rings. The summed E-state index contributed by atoms with van der Waals surface area (Å²) in [6.45, 7) is 6.16. The highest BCUT2D eigenvalue weighted by atomic mass is 32.1. The molecule has 0 radical (unpaired) electrons. The summed E-state index contributed by atoms with van der Waals surface area (Å²) in [5, 5.41) is 2.12. The monoisotopic (exact) mass is 275 g/mol. The van der Waals surface area contributed by atoms with Crippen molar-refractivity contribution in [1.29, 1.82) is 0 Å². The van der Waals surface area contributed by atoms with Crippen LogP contribution in [0.4, 0.5) is 0 Å². The van der Waals surface area contributed by atoms with Gasteiger partial charge in [-0.3, -0.25) is 9.88 Å². The first-order valence-electron chi connectivity index (χ1n) is 6.64. The number of thiophene rings is 1. The van der Waals surface area contributed by atoms with Gasteiger partial charge in [-0.1, -0.05) is 19.1 Å². The van der Waals surface area contributed by atoms with Crippen LogP contribution >= 0.6 is 11.3 Å². The predicted octanol–water partition coefficient (Wildman–Crippen LogP) is 3.05. The summed E-state index contributed by atoms with van der Waals surface area (Å²) >= 11 is 1.79. The second-order valence-electron chi connectivity index (χ2n) is 4.73. The van der Waals surface area contributed by atoms with Crippen LogP contribution in [-0.4, -0.2) is 22.5 Å². The van der Waals surface area contributed by atoms with Gasteiger partial charge in [-0.15, -0.1) is 11.3 Å². The Kier molecular flexibility index (Phi) is 5.07. The molecule has 2 N–H and O–H groups in total. The van der Waals surface area contributed by atoms with Gasteiger partial charge in [-0.25, -0.2) is 0 Å². The molecule has 2 unspecified atom stereocenters. The highest BCUT2D eigenvalue weighted by molar-refractivity contribution is 7.09. The Morgan fingerprint density at radius 1 is 1.37 bits per heavy atom. The smallest absolute Gasteiger partial charge is 0.0515 e. The van der Waals surface area contributed by atoms with Gasteiger partial charge in [-0.05, 0) is 36.5 Å². The molecule has 19 heavy (non-hydrogen) atoms. The molecule has 4 heteroatoms. The summed E-state index contributed by atoms with van der Waals surface area (Å²) in [7, 11) is 0. The number of pyridine rings is 1. The molecule has 0 amide bonds. The van der Waals surface area contributed by atoms with E-state index >= 15 is 0 Å². The minimum Gasteiger partial charge on any atom is -0.326 e. The first kappa shape index (κ1) is 14.2. The van der Waals surface area contributed by atoms with E-state index in [9.17, 15) is 0 Å². The second-order valence-corrected chi connectivity index (χ2v) is 5.77. The van der Waals surface area contributed by atoms with E-state index in [1.165, 1.54) is 10.4 Å². The molecule has 0 fully saturated rings. The van der Waals surface area contributed by atoms with Crippen LogP contribution in [0.2, 0.25) is 0 Å². The summed E-state index contributed by atoms with van der Waals surface area (Å²) in [6, 6.07) is 8.64. The largest absolute Gasteiger partial charge is 0.326 e. The maximum Gasteiger partial charge on any atom is 0.0515 e. The average molecular weight is 275 g/mol. The number of likely N-dealkylation sites (N-methyl/N-ethyl adjacent to an activating group) is 1. The van der Waals surface area contributed by atoms with Crippen molar-refractivity contribution < 1.29 is 0 Å². The minimum absolute atomic E-state index is 0.0733. The van der Waals surface area contributed by atoms with Gasteiger partial charge in [-0.2, -0.15) is 0 Å². The van der Waals surface area contributed by atoms with Crippen LogP contribution in [0.25, 0.3) is 0 Å². The Morgan fingerprint density at radius 3 is 2.74 bits per heavy atom. The topological polar surface area (TPSA) is 42.2 Å². The highest BCUT2D eigenvalue weighted by Gasteiger charge is 2.23. The lowest BCUT2D eigenvalue weighted by Crippen LogP contribution is -2.39. The molecule has 0 spiro atoms. The molecule has 0 aliphatic heterocycles. The van der Waals surface area contributed by atoms with Crippen molar-refractivity contribution in [3.63, 3.8) is 0 Å². The van der Waals surface area contributed by atoms with Crippen LogP contribution in [0.15, 0.2) is 42.0 Å². The van der Waals surface area contributed by atoms with Gasteiger partial charge < -0.3 is 5.73 Å². The molecule has 102 valence electrons. The van der Waals surface area contributed by atoms with Crippen molar-refractivity contribution in [2.75, 3.05) is 6.54 Å². The van der Waals surface area contributed by atoms with Crippen molar-refractivity contribution in [3.05, 3.63) is 52.5 Å². The van der Waals surface area contributed by atoms with Crippen LogP contribution in [0, 0.1) is 0 Å². The van der Waals surface area contributed by atoms with Crippen LogP contribution in [0.5, 0.6) is 0 Å². The Hall–Kier alpha value is -1.23. The van der Waals surface area contributed by atoms with Gasteiger partial charge in [0.15, 0.2) is 0 Å². The van der Waals surface area contributed by atoms with Gasteiger partial charge >= 0.3 is 0 Å². The molecule has 2 atom stereocenters. The Morgan fingerprint density at radius 2 is 2.21 bits per heavy atom. The maximum atomic E-state index is 6.21. The standard InChI is InChI=1S/C15H21N3S/c1-3-18(11-14-7-5-9-19-14)15(12(2)16)13-6-4-8-17-10-13/h4-10,12,15H,3,11,16H2,1-2H3. The van der Waals surface area contributed by atoms with E-state index < -0.39 is 0 Å². The quantitative estimate of drug-likeness (QED) is 0.881. The highest BCUT2D eigenvalue weighted by Crippen LogP contribution is 2.25. The van der Waals surface area contributed by atoms with Crippen LogP contribution in [0.1, 0.15) is 30.3 Å². The zero-order valence-electron chi connectivity index (χ0n) is 11.5. The zero-order valence-corrected chi connectivity index (χ0v) is 12.3. The molecular weight excluding hydrogens is 254 g/mol. The number of aromatic nitrogens is 1. The number of rotatable bonds is 6. The van der Waals surface area contributed by atoms with E-state index in [1.54, 1.807) is 17.5 Å². The van der Waals surface area contributed by atoms with Crippen molar-refractivity contribution in [1.82, 2.24) is 9.88 Å². The number of hydrogen-bond acceptors (Lipinski definition) is 4. The molecule has 0 aliphatic rings. The molecule has 0 saturated heterocycles. The van der Waals surface area contributed by atoms with Crippen LogP contribution in [0.3, 0.4) is 0 Å². The Bertz CT molecular complexity index is 467. The fourth-order valence-corrected chi connectivity index (χ4v) is 3.14. The third-order valence-electron chi connectivity index (χ3n) is 3.26. The fourth-order valence-electron chi connectivity index (χ4n) is 2.41. The molecule has 2 rings (SSSR count). The second kappa shape index (κ2) is 6.80. The third kappa shape index (κ3) is 3.62. The van der Waals surface area contributed by atoms with Gasteiger partial charge in [0.2, 0.25) is 0 Å². The summed E-state index contributed by atoms with van der Waals surface area (Å²) < 4.78 is 0. The average Bonchev–Trinajstić information content (AvgIpc) is 2.91. The Balaban J connectivity index is 2.21. The van der Waals surface area contributed by atoms with Crippen LogP contribution < -0.4 is 5.73 Å². The first-order chi connectivity index (χ1) is 9.22. The molecule has 2 heterocycles. The summed E-state index contributed by atoms with van der Waals surface area (Å²) in [5.74, 6) is 0. The van der Waals surface area contributed by atoms with Crippen LogP contribution in [-0.2, 0) is 6.54 Å². The van der Waals surface area contributed by atoms with E-state index in [0.29, 0.717) is 0 Å². The molecule has 0 bridgehead atoms. The molecule has 2 aromatic heterocycles. The number of nitrogens with zero attached hydrogens (tertiary/aromatic N) is 2. The van der Waals surface area contributed by atoms with E-state index in [4.69, 9.17) is 5.73 Å². The molecule has 0 saturated carbocycles. The lowest BCUT2D eigenvalue weighted by molar-refractivity contribution is 0.178. The van der Waals surface area contributed by atoms with Crippen molar-refractivity contribution in [3.8, 4) is 0 Å². The van der Waals surface area contributed by atoms with Crippen molar-refractivity contribution >= 4 is 11.3 Å². The lowest BCUT2D eigenvalue weighted by atomic mass is 10.0. The summed E-state index contributed by atoms with van der Waals surface area (Å²) in [5.41, 5.74) is 7.40. The normalized spacial score (nSPS) is 14.5. The number of nitrogens with two attached hydrogens (primary N) is 1. The molecule has 0 aromatic carbocycles. The lowest BCUT2D eigenvalue weighted by Gasteiger charge is -2.33. The summed E-state index contributed by atoms with van der Waals surface area (Å²) in [4.78, 5) is 8.00. The van der Waals surface area contributed by atoms with Gasteiger partial charge in [0.05, 0.1) is 6.04 Å². The van der Waals surface area contributed by atoms with Gasteiger partial charge in [0.25, 0.3) is 0 Å². The first-order valence-corrected chi connectivity index (χ1v) is 7.52. The van der Waals surface area contributed by atoms with Crippen molar-refractivity contribution in [2.45, 2.75) is 32.5 Å².